The molecule has 1 N–H and O–H groups in total. The lowest BCUT2D eigenvalue weighted by Gasteiger charge is -2.15. The van der Waals surface area contributed by atoms with E-state index in [-0.39, 0.29) is 43.9 Å². The van der Waals surface area contributed by atoms with Crippen molar-refractivity contribution in [1.82, 2.24) is 14.5 Å². The van der Waals surface area contributed by atoms with E-state index in [1.807, 2.05) is 37.3 Å². The van der Waals surface area contributed by atoms with Crippen molar-refractivity contribution in [2.75, 3.05) is 4.72 Å². The fraction of sp³-hybridized carbons (Fsp3) is 0.0968. The summed E-state index contributed by atoms with van der Waals surface area (Å²) in [5, 5.41) is 11.2. The molecular formula is C31H25N5O6S2. The molecule has 0 aliphatic rings. The molecule has 222 valence electrons. The zero-order chi connectivity index (χ0) is 31.1. The van der Waals surface area contributed by atoms with Gasteiger partial charge in [-0.2, -0.15) is 0 Å². The van der Waals surface area contributed by atoms with Crippen molar-refractivity contribution in [3.63, 3.8) is 0 Å². The molecule has 44 heavy (non-hydrogen) atoms. The number of aryl methyl sites for hydroxylation is 3. The molecular weight excluding hydrogens is 603 g/mol. The number of fused-ring (bicyclic) bond motifs is 2. The summed E-state index contributed by atoms with van der Waals surface area (Å²) < 4.78 is 60.2. The smallest absolute Gasteiger partial charge is 0.269 e. The molecule has 0 saturated carbocycles. The quantitative estimate of drug-likeness (QED) is 0.159. The number of nitro groups is 1. The number of nitro benzene ring substituents is 1. The normalized spacial score (nSPS) is 12.0. The SMILES string of the molecule is Cc1ccc(S(=O)(=O)c2c(NS(=O)(=O)c3ccc([N+](=O)[O-])cc3)n(CCc3ccccc3)c3nc4ccccc4nc23)cc1. The van der Waals surface area contributed by atoms with Gasteiger partial charge < -0.3 is 4.57 Å². The number of para-hydroxylation sites is 2. The van der Waals surface area contributed by atoms with Crippen LogP contribution in [-0.4, -0.2) is 36.3 Å². The van der Waals surface area contributed by atoms with Gasteiger partial charge in [0.2, 0.25) is 9.84 Å². The van der Waals surface area contributed by atoms with Crippen LogP contribution in [0.3, 0.4) is 0 Å². The van der Waals surface area contributed by atoms with Crippen molar-refractivity contribution in [2.45, 2.75) is 34.6 Å². The third-order valence-electron chi connectivity index (χ3n) is 7.16. The Morgan fingerprint density at radius 1 is 0.773 bits per heavy atom. The maximum Gasteiger partial charge on any atom is 0.269 e. The number of hydrogen-bond donors (Lipinski definition) is 1. The van der Waals surface area contributed by atoms with Gasteiger partial charge in [0.05, 0.1) is 25.7 Å². The van der Waals surface area contributed by atoms with Crippen LogP contribution < -0.4 is 4.72 Å². The van der Waals surface area contributed by atoms with Crippen molar-refractivity contribution in [2.24, 2.45) is 0 Å². The Balaban J connectivity index is 1.62. The van der Waals surface area contributed by atoms with Crippen LogP contribution in [0.5, 0.6) is 0 Å². The lowest BCUT2D eigenvalue weighted by molar-refractivity contribution is -0.384. The Kier molecular flexibility index (Phi) is 7.35. The Bertz CT molecular complexity index is 2250. The van der Waals surface area contributed by atoms with Crippen LogP contribution in [0.4, 0.5) is 11.5 Å². The molecule has 6 aromatic rings. The van der Waals surface area contributed by atoms with Crippen LogP contribution in [0.25, 0.3) is 22.2 Å². The van der Waals surface area contributed by atoms with E-state index in [0.717, 1.165) is 35.4 Å². The second-order valence-corrected chi connectivity index (χ2v) is 13.7. The van der Waals surface area contributed by atoms with Gasteiger partial charge in [0.15, 0.2) is 5.65 Å². The highest BCUT2D eigenvalue weighted by atomic mass is 32.2. The minimum Gasteiger partial charge on any atom is -0.309 e. The van der Waals surface area contributed by atoms with Gasteiger partial charge in [0.1, 0.15) is 16.2 Å². The maximum absolute atomic E-state index is 14.4. The van der Waals surface area contributed by atoms with E-state index in [0.29, 0.717) is 17.5 Å². The molecule has 0 spiro atoms. The Morgan fingerprint density at radius 3 is 2.00 bits per heavy atom. The Morgan fingerprint density at radius 2 is 1.36 bits per heavy atom. The summed E-state index contributed by atoms with van der Waals surface area (Å²) in [5.74, 6) is -0.231. The van der Waals surface area contributed by atoms with Crippen LogP contribution in [-0.2, 0) is 32.8 Å². The molecule has 0 fully saturated rings. The molecule has 2 heterocycles. The first-order valence-corrected chi connectivity index (χ1v) is 16.4. The van der Waals surface area contributed by atoms with Gasteiger partial charge in [-0.05, 0) is 55.3 Å². The highest BCUT2D eigenvalue weighted by Crippen LogP contribution is 2.38. The molecule has 2 aromatic heterocycles. The van der Waals surface area contributed by atoms with E-state index in [1.165, 1.54) is 16.7 Å². The van der Waals surface area contributed by atoms with Crippen molar-refractivity contribution in [3.8, 4) is 0 Å². The fourth-order valence-corrected chi connectivity index (χ4v) is 7.58. The van der Waals surface area contributed by atoms with Gasteiger partial charge in [0, 0.05) is 18.7 Å². The predicted octanol–water partition coefficient (Wildman–Crippen LogP) is 5.68. The number of nitrogens with zero attached hydrogens (tertiary/aromatic N) is 4. The van der Waals surface area contributed by atoms with Crippen molar-refractivity contribution >= 4 is 53.6 Å². The molecule has 0 amide bonds. The van der Waals surface area contributed by atoms with E-state index in [9.17, 15) is 26.9 Å². The number of sulfone groups is 1. The summed E-state index contributed by atoms with van der Waals surface area (Å²) in [6.45, 7) is 1.99. The molecule has 0 unspecified atom stereocenters. The summed E-state index contributed by atoms with van der Waals surface area (Å²) >= 11 is 0. The number of nitrogens with one attached hydrogen (secondary N) is 1. The lowest BCUT2D eigenvalue weighted by Crippen LogP contribution is -2.19. The number of rotatable bonds is 9. The first kappa shape index (κ1) is 29.0. The lowest BCUT2D eigenvalue weighted by atomic mass is 10.1. The van der Waals surface area contributed by atoms with Gasteiger partial charge in [-0.25, -0.2) is 26.8 Å². The van der Waals surface area contributed by atoms with E-state index in [2.05, 4.69) is 9.71 Å². The van der Waals surface area contributed by atoms with Crippen molar-refractivity contribution < 1.29 is 21.8 Å². The Hall–Kier alpha value is -5.14. The standard InChI is InChI=1S/C31H25N5O6S2/c1-21-11-15-24(16-12-21)43(39,40)29-28-30(33-27-10-6-5-9-26(27)32-28)35(20-19-22-7-3-2-4-8-22)31(29)34-44(41,42)25-17-13-23(14-18-25)36(37)38/h2-18,34H,19-20H2,1H3. The number of benzene rings is 4. The van der Waals surface area contributed by atoms with Gasteiger partial charge >= 0.3 is 0 Å². The first-order chi connectivity index (χ1) is 21.0. The molecule has 0 aliphatic heterocycles. The number of aromatic nitrogens is 3. The summed E-state index contributed by atoms with van der Waals surface area (Å²) in [7, 11) is -8.80. The van der Waals surface area contributed by atoms with Crippen LogP contribution in [0.2, 0.25) is 0 Å². The van der Waals surface area contributed by atoms with Crippen LogP contribution in [0.15, 0.2) is 118 Å². The zero-order valence-corrected chi connectivity index (χ0v) is 24.9. The van der Waals surface area contributed by atoms with E-state index < -0.39 is 24.8 Å². The van der Waals surface area contributed by atoms with Crippen molar-refractivity contribution in [1.29, 1.82) is 0 Å². The second-order valence-electron chi connectivity index (χ2n) is 10.1. The van der Waals surface area contributed by atoms with Gasteiger partial charge in [0.25, 0.3) is 15.7 Å². The third kappa shape index (κ3) is 5.38. The largest absolute Gasteiger partial charge is 0.309 e. The Labute approximate surface area is 253 Å². The minimum absolute atomic E-state index is 0.0127. The molecule has 13 heteroatoms. The summed E-state index contributed by atoms with van der Waals surface area (Å²) in [5.41, 5.74) is 2.64. The molecule has 0 aliphatic carbocycles. The van der Waals surface area contributed by atoms with Crippen molar-refractivity contribution in [3.05, 3.63) is 124 Å². The topological polar surface area (TPSA) is 154 Å². The van der Waals surface area contributed by atoms with Gasteiger partial charge in [-0.1, -0.05) is 60.2 Å². The average Bonchev–Trinajstić information content (AvgIpc) is 3.31. The van der Waals surface area contributed by atoms with Crippen LogP contribution >= 0.6 is 0 Å². The molecule has 0 bridgehead atoms. The van der Waals surface area contributed by atoms with Gasteiger partial charge in [-0.3, -0.25) is 14.8 Å². The molecule has 11 nitrogen and oxygen atoms in total. The second kappa shape index (κ2) is 11.2. The number of non-ortho nitro benzene ring substituents is 1. The van der Waals surface area contributed by atoms with E-state index >= 15 is 0 Å². The molecule has 6 rings (SSSR count). The summed E-state index contributed by atoms with van der Waals surface area (Å²) in [6.07, 6.45) is 0.426. The first-order valence-electron chi connectivity index (χ1n) is 13.5. The highest BCUT2D eigenvalue weighted by Gasteiger charge is 2.34. The number of sulfonamides is 1. The maximum atomic E-state index is 14.4. The molecule has 4 aromatic carbocycles. The van der Waals surface area contributed by atoms with E-state index in [1.54, 1.807) is 36.4 Å². The molecule has 0 atom stereocenters. The predicted molar refractivity (Wildman–Crippen MR) is 166 cm³/mol. The zero-order valence-electron chi connectivity index (χ0n) is 23.3. The monoisotopic (exact) mass is 627 g/mol. The molecule has 0 radical (unpaired) electrons. The summed E-state index contributed by atoms with van der Waals surface area (Å²) in [6, 6.07) is 27.0. The van der Waals surface area contributed by atoms with Crippen LogP contribution in [0.1, 0.15) is 11.1 Å². The molecule has 0 saturated heterocycles. The van der Waals surface area contributed by atoms with Gasteiger partial charge in [-0.15, -0.1) is 0 Å². The summed E-state index contributed by atoms with van der Waals surface area (Å²) in [4.78, 5) is 19.3. The highest BCUT2D eigenvalue weighted by molar-refractivity contribution is 7.93. The van der Waals surface area contributed by atoms with E-state index in [4.69, 9.17) is 4.98 Å². The van der Waals surface area contributed by atoms with Crippen LogP contribution in [0, 0.1) is 17.0 Å². The number of anilines is 1. The average molecular weight is 628 g/mol. The third-order valence-corrected chi connectivity index (χ3v) is 10.3. The minimum atomic E-state index is -4.44. The fourth-order valence-electron chi connectivity index (χ4n) is 4.90. The number of hydrogen-bond acceptors (Lipinski definition) is 8.